The number of aromatic nitrogens is 1. The lowest BCUT2D eigenvalue weighted by molar-refractivity contribution is 0.435. The van der Waals surface area contributed by atoms with Crippen molar-refractivity contribution in [3.05, 3.63) is 16.1 Å². The van der Waals surface area contributed by atoms with E-state index < -0.39 is 10.0 Å². The third-order valence-electron chi connectivity index (χ3n) is 2.74. The molecule has 0 aliphatic carbocycles. The second-order valence-electron chi connectivity index (χ2n) is 4.04. The van der Waals surface area contributed by atoms with Gasteiger partial charge in [-0.3, -0.25) is 0 Å². The Balaban J connectivity index is 1.80. The van der Waals surface area contributed by atoms with Crippen LogP contribution in [0.15, 0.2) is 5.38 Å². The summed E-state index contributed by atoms with van der Waals surface area (Å²) in [5.41, 5.74) is 0.903. The number of halogens is 1. The summed E-state index contributed by atoms with van der Waals surface area (Å²) in [4.78, 5) is 4.35. The molecule has 1 saturated heterocycles. The summed E-state index contributed by atoms with van der Waals surface area (Å²) in [6.45, 7) is 1.28. The molecule has 0 bridgehead atoms. The van der Waals surface area contributed by atoms with E-state index in [1.807, 2.05) is 5.38 Å². The minimum absolute atomic E-state index is 0.306. The molecule has 17 heavy (non-hydrogen) atoms. The Morgan fingerprint density at radius 3 is 2.94 bits per heavy atom. The molecular weight excluding hydrogens is 280 g/mol. The predicted molar refractivity (Wildman–Crippen MR) is 70.0 cm³/mol. The lowest BCUT2D eigenvalue weighted by Crippen LogP contribution is -2.27. The Morgan fingerprint density at radius 1 is 1.53 bits per heavy atom. The quantitative estimate of drug-likeness (QED) is 0.779. The van der Waals surface area contributed by atoms with Crippen LogP contribution >= 0.6 is 22.9 Å². The highest BCUT2D eigenvalue weighted by Gasteiger charge is 2.27. The third-order valence-corrected chi connectivity index (χ3v) is 5.93. The van der Waals surface area contributed by atoms with Crippen LogP contribution in [0.1, 0.15) is 23.5 Å². The molecule has 0 spiro atoms. The minimum atomic E-state index is -2.95. The molecule has 7 heteroatoms. The number of alkyl halides is 1. The molecule has 1 aromatic rings. The van der Waals surface area contributed by atoms with Gasteiger partial charge in [0.1, 0.15) is 0 Å². The highest BCUT2D eigenvalue weighted by atomic mass is 35.5. The monoisotopic (exact) mass is 294 g/mol. The molecule has 1 aliphatic heterocycles. The van der Waals surface area contributed by atoms with Crippen LogP contribution in [0.3, 0.4) is 0 Å². The zero-order chi connectivity index (χ0) is 12.3. The van der Waals surface area contributed by atoms with Crippen LogP contribution in [0.2, 0.25) is 0 Å². The van der Waals surface area contributed by atoms with Gasteiger partial charge in [0, 0.05) is 24.9 Å². The molecule has 0 saturated carbocycles. The van der Waals surface area contributed by atoms with Crippen molar-refractivity contribution in [1.82, 2.24) is 9.29 Å². The number of hydrogen-bond donors (Lipinski definition) is 0. The summed E-state index contributed by atoms with van der Waals surface area (Å²) < 4.78 is 24.7. The van der Waals surface area contributed by atoms with Crippen molar-refractivity contribution in [3.63, 3.8) is 0 Å². The molecule has 1 fully saturated rings. The van der Waals surface area contributed by atoms with E-state index in [2.05, 4.69) is 4.98 Å². The second-order valence-corrected chi connectivity index (χ2v) is 7.34. The first kappa shape index (κ1) is 13.3. The number of sulfonamides is 1. The fraction of sp³-hybridized carbons (Fsp3) is 0.700. The van der Waals surface area contributed by atoms with E-state index in [0.717, 1.165) is 30.0 Å². The van der Waals surface area contributed by atoms with Gasteiger partial charge in [-0.15, -0.1) is 22.9 Å². The van der Waals surface area contributed by atoms with E-state index >= 15 is 0 Å². The molecule has 0 amide bonds. The topological polar surface area (TPSA) is 50.3 Å². The lowest BCUT2D eigenvalue weighted by Gasteiger charge is -2.12. The maximum atomic E-state index is 11.6. The van der Waals surface area contributed by atoms with Crippen LogP contribution in [-0.2, 0) is 22.3 Å². The van der Waals surface area contributed by atoms with E-state index in [1.165, 1.54) is 0 Å². The molecule has 1 aliphatic rings. The molecule has 2 rings (SSSR count). The smallest absolute Gasteiger partial charge is 0.214 e. The van der Waals surface area contributed by atoms with E-state index in [-0.39, 0.29) is 0 Å². The molecule has 0 unspecified atom stereocenters. The summed E-state index contributed by atoms with van der Waals surface area (Å²) >= 11 is 7.26. The number of rotatable bonds is 5. The first-order valence-electron chi connectivity index (χ1n) is 5.59. The van der Waals surface area contributed by atoms with Crippen molar-refractivity contribution in [2.75, 3.05) is 18.8 Å². The van der Waals surface area contributed by atoms with Crippen molar-refractivity contribution < 1.29 is 8.42 Å². The molecule has 96 valence electrons. The summed E-state index contributed by atoms with van der Waals surface area (Å²) in [5.74, 6) is 0.748. The first-order valence-corrected chi connectivity index (χ1v) is 8.61. The number of nitrogens with zero attached hydrogens (tertiary/aromatic N) is 2. The van der Waals surface area contributed by atoms with Crippen LogP contribution in [0.5, 0.6) is 0 Å². The summed E-state index contributed by atoms with van der Waals surface area (Å²) in [6, 6.07) is 0. The zero-order valence-electron chi connectivity index (χ0n) is 9.43. The largest absolute Gasteiger partial charge is 0.245 e. The highest BCUT2D eigenvalue weighted by Crippen LogP contribution is 2.16. The summed E-state index contributed by atoms with van der Waals surface area (Å²) in [6.07, 6.45) is 2.41. The third kappa shape index (κ3) is 3.40. The van der Waals surface area contributed by atoms with Gasteiger partial charge in [-0.05, 0) is 12.8 Å². The molecule has 0 atom stereocenters. The normalized spacial score (nSPS) is 19.8. The standard InChI is InChI=1S/C10H15ClN2O2S2/c11-7-9-8-16-10(12-9)3-1-4-13-5-2-6-17(13,14)15/h8H,1-7H2. The molecule has 0 radical (unpaired) electrons. The maximum absolute atomic E-state index is 11.6. The van der Waals surface area contributed by atoms with Crippen molar-refractivity contribution in [2.45, 2.75) is 25.1 Å². The Bertz CT molecular complexity index is 472. The Kier molecular flexibility index (Phi) is 4.41. The average molecular weight is 295 g/mol. The van der Waals surface area contributed by atoms with Crippen LogP contribution in [-0.4, -0.2) is 36.5 Å². The van der Waals surface area contributed by atoms with Gasteiger partial charge in [0.2, 0.25) is 10.0 Å². The van der Waals surface area contributed by atoms with Gasteiger partial charge in [0.25, 0.3) is 0 Å². The van der Waals surface area contributed by atoms with Crippen LogP contribution < -0.4 is 0 Å². The van der Waals surface area contributed by atoms with Crippen LogP contribution in [0.25, 0.3) is 0 Å². The fourth-order valence-corrected chi connectivity index (χ4v) is 4.51. The molecule has 2 heterocycles. The molecule has 0 N–H and O–H groups in total. The van der Waals surface area contributed by atoms with Crippen molar-refractivity contribution >= 4 is 33.0 Å². The second kappa shape index (κ2) is 5.65. The van der Waals surface area contributed by atoms with Gasteiger partial charge in [-0.25, -0.2) is 17.7 Å². The lowest BCUT2D eigenvalue weighted by atomic mass is 10.3. The van der Waals surface area contributed by atoms with E-state index in [4.69, 9.17) is 11.6 Å². The van der Waals surface area contributed by atoms with Crippen molar-refractivity contribution in [1.29, 1.82) is 0 Å². The zero-order valence-corrected chi connectivity index (χ0v) is 11.8. The van der Waals surface area contributed by atoms with Gasteiger partial charge >= 0.3 is 0 Å². The molecular formula is C10H15ClN2O2S2. The van der Waals surface area contributed by atoms with E-state index in [9.17, 15) is 8.42 Å². The van der Waals surface area contributed by atoms with Crippen molar-refractivity contribution in [3.8, 4) is 0 Å². The van der Waals surface area contributed by atoms with Gasteiger partial charge in [0.15, 0.2) is 0 Å². The number of thiazole rings is 1. The fourth-order valence-electron chi connectivity index (χ4n) is 1.87. The molecule has 0 aromatic carbocycles. The maximum Gasteiger partial charge on any atom is 0.214 e. The Labute approximate surface area is 111 Å². The predicted octanol–water partition coefficient (Wildman–Crippen LogP) is 1.85. The molecule has 1 aromatic heterocycles. The summed E-state index contributed by atoms with van der Waals surface area (Å²) in [5, 5.41) is 2.99. The van der Waals surface area contributed by atoms with Gasteiger partial charge in [0.05, 0.1) is 22.3 Å². The van der Waals surface area contributed by atoms with Crippen LogP contribution in [0.4, 0.5) is 0 Å². The number of aryl methyl sites for hydroxylation is 1. The minimum Gasteiger partial charge on any atom is -0.245 e. The Hall–Kier alpha value is -0.170. The van der Waals surface area contributed by atoms with Crippen molar-refractivity contribution in [2.24, 2.45) is 0 Å². The van der Waals surface area contributed by atoms with Gasteiger partial charge < -0.3 is 0 Å². The average Bonchev–Trinajstić information content (AvgIpc) is 2.86. The van der Waals surface area contributed by atoms with E-state index in [0.29, 0.717) is 24.7 Å². The van der Waals surface area contributed by atoms with Gasteiger partial charge in [-0.2, -0.15) is 0 Å². The summed E-state index contributed by atoms with van der Waals surface area (Å²) in [7, 11) is -2.95. The Morgan fingerprint density at radius 2 is 2.35 bits per heavy atom. The SMILES string of the molecule is O=S1(=O)CCCN1CCCc1nc(CCl)cs1. The van der Waals surface area contributed by atoms with E-state index in [1.54, 1.807) is 15.6 Å². The highest BCUT2D eigenvalue weighted by molar-refractivity contribution is 7.89. The van der Waals surface area contributed by atoms with Crippen LogP contribution in [0, 0.1) is 0 Å². The number of hydrogen-bond acceptors (Lipinski definition) is 4. The van der Waals surface area contributed by atoms with Gasteiger partial charge in [-0.1, -0.05) is 0 Å². The molecule has 4 nitrogen and oxygen atoms in total. The first-order chi connectivity index (χ1) is 8.12.